The normalized spacial score (nSPS) is 11.2. The van der Waals surface area contributed by atoms with Crippen LogP contribution in [-0.4, -0.2) is 26.4 Å². The molecule has 6 nitrogen and oxygen atoms in total. The van der Waals surface area contributed by atoms with Gasteiger partial charge in [0.05, 0.1) is 19.3 Å². The Balaban J connectivity index is 2.13. The molecule has 0 saturated carbocycles. The van der Waals surface area contributed by atoms with Crippen LogP contribution >= 0.6 is 0 Å². The first-order chi connectivity index (χ1) is 9.61. The number of methoxy groups -OCH3 is 1. The molecule has 0 aliphatic rings. The number of hydrogen-bond acceptors (Lipinski definition) is 4. The zero-order chi connectivity index (χ0) is 14.3. The summed E-state index contributed by atoms with van der Waals surface area (Å²) >= 11 is 0. The summed E-state index contributed by atoms with van der Waals surface area (Å²) in [5, 5.41) is 4.38. The van der Waals surface area contributed by atoms with Gasteiger partial charge in [0.2, 0.25) is 5.95 Å². The van der Waals surface area contributed by atoms with E-state index >= 15 is 0 Å². The summed E-state index contributed by atoms with van der Waals surface area (Å²) in [6, 6.07) is 7.89. The van der Waals surface area contributed by atoms with Crippen LogP contribution in [0.4, 0.5) is 5.95 Å². The van der Waals surface area contributed by atoms with Crippen molar-refractivity contribution in [2.24, 2.45) is 7.05 Å². The van der Waals surface area contributed by atoms with Gasteiger partial charge in [-0.25, -0.2) is 4.98 Å². The van der Waals surface area contributed by atoms with Crippen molar-refractivity contribution in [1.82, 2.24) is 19.3 Å². The highest BCUT2D eigenvalue weighted by Crippen LogP contribution is 2.24. The predicted octanol–water partition coefficient (Wildman–Crippen LogP) is 1.72. The molecule has 104 valence electrons. The Hall–Kier alpha value is -2.50. The van der Waals surface area contributed by atoms with Crippen LogP contribution in [0, 0.1) is 6.92 Å². The van der Waals surface area contributed by atoms with Gasteiger partial charge in [-0.3, -0.25) is 9.25 Å². The average Bonchev–Trinajstić information content (AvgIpc) is 2.90. The van der Waals surface area contributed by atoms with E-state index in [0.29, 0.717) is 12.5 Å². The molecule has 2 N–H and O–H groups in total. The fourth-order valence-electron chi connectivity index (χ4n) is 2.51. The number of aryl methyl sites for hydroxylation is 2. The van der Waals surface area contributed by atoms with E-state index < -0.39 is 0 Å². The molecule has 0 aliphatic carbocycles. The maximum absolute atomic E-state index is 6.04. The molecule has 0 radical (unpaired) electrons. The standard InChI is InChI=1S/C14H17N5O/c1-9-12-13(18(2)17-9)19(14(15)16-12)8-10-6-4-5-7-11(10)20-3/h4-7H,8H2,1-3H3,(H2,15,16). The molecule has 2 heterocycles. The lowest BCUT2D eigenvalue weighted by Crippen LogP contribution is -2.08. The van der Waals surface area contributed by atoms with Gasteiger partial charge in [-0.2, -0.15) is 5.10 Å². The van der Waals surface area contributed by atoms with E-state index in [1.165, 1.54) is 0 Å². The second-order valence-corrected chi connectivity index (χ2v) is 4.75. The van der Waals surface area contributed by atoms with Crippen LogP contribution in [0.25, 0.3) is 11.2 Å². The molecule has 20 heavy (non-hydrogen) atoms. The number of para-hydroxylation sites is 1. The Morgan fingerprint density at radius 3 is 2.80 bits per heavy atom. The molecule has 0 atom stereocenters. The highest BCUT2D eigenvalue weighted by Gasteiger charge is 2.16. The number of anilines is 1. The Kier molecular flexibility index (Phi) is 2.85. The minimum atomic E-state index is 0.488. The summed E-state index contributed by atoms with van der Waals surface area (Å²) in [5.74, 6) is 1.33. The number of nitrogen functional groups attached to an aromatic ring is 1. The van der Waals surface area contributed by atoms with Crippen LogP contribution in [0.1, 0.15) is 11.3 Å². The number of imidazole rings is 1. The van der Waals surface area contributed by atoms with E-state index in [1.807, 2.05) is 47.5 Å². The van der Waals surface area contributed by atoms with E-state index in [4.69, 9.17) is 10.5 Å². The molecule has 0 bridgehead atoms. The zero-order valence-corrected chi connectivity index (χ0v) is 11.8. The first-order valence-electron chi connectivity index (χ1n) is 6.39. The predicted molar refractivity (Wildman–Crippen MR) is 77.7 cm³/mol. The second kappa shape index (κ2) is 4.56. The highest BCUT2D eigenvalue weighted by molar-refractivity contribution is 5.77. The second-order valence-electron chi connectivity index (χ2n) is 4.75. The van der Waals surface area contributed by atoms with Crippen molar-refractivity contribution < 1.29 is 4.74 Å². The molecule has 3 rings (SSSR count). The topological polar surface area (TPSA) is 70.9 Å². The van der Waals surface area contributed by atoms with Crippen molar-refractivity contribution in [1.29, 1.82) is 0 Å². The van der Waals surface area contributed by atoms with Gasteiger partial charge in [-0.05, 0) is 13.0 Å². The summed E-state index contributed by atoms with van der Waals surface area (Å²) in [6.07, 6.45) is 0. The van der Waals surface area contributed by atoms with Crippen LogP contribution < -0.4 is 10.5 Å². The van der Waals surface area contributed by atoms with Crippen molar-refractivity contribution in [3.8, 4) is 5.75 Å². The van der Waals surface area contributed by atoms with Gasteiger partial charge in [0.25, 0.3) is 0 Å². The molecule has 0 aliphatic heterocycles. The van der Waals surface area contributed by atoms with Gasteiger partial charge >= 0.3 is 0 Å². The first-order valence-corrected chi connectivity index (χ1v) is 6.39. The Labute approximate surface area is 116 Å². The number of benzene rings is 1. The Morgan fingerprint density at radius 1 is 1.30 bits per heavy atom. The lowest BCUT2D eigenvalue weighted by atomic mass is 10.2. The van der Waals surface area contributed by atoms with Crippen LogP contribution in [-0.2, 0) is 13.6 Å². The monoisotopic (exact) mass is 271 g/mol. The summed E-state index contributed by atoms with van der Waals surface area (Å²) in [7, 11) is 3.56. The maximum Gasteiger partial charge on any atom is 0.202 e. The zero-order valence-electron chi connectivity index (χ0n) is 11.8. The minimum absolute atomic E-state index is 0.488. The summed E-state index contributed by atoms with van der Waals surface area (Å²) < 4.78 is 9.15. The molecule has 2 aromatic heterocycles. The lowest BCUT2D eigenvalue weighted by Gasteiger charge is -2.10. The Bertz CT molecular complexity index is 771. The largest absolute Gasteiger partial charge is 0.496 e. The van der Waals surface area contributed by atoms with E-state index in [0.717, 1.165) is 28.2 Å². The third-order valence-corrected chi connectivity index (χ3v) is 3.44. The third kappa shape index (κ3) is 1.80. The van der Waals surface area contributed by atoms with E-state index in [9.17, 15) is 0 Å². The first kappa shape index (κ1) is 12.5. The van der Waals surface area contributed by atoms with Crippen molar-refractivity contribution in [3.63, 3.8) is 0 Å². The Morgan fingerprint density at radius 2 is 2.05 bits per heavy atom. The summed E-state index contributed by atoms with van der Waals surface area (Å²) in [6.45, 7) is 2.54. The number of nitrogens with two attached hydrogens (primary N) is 1. The molecule has 0 saturated heterocycles. The number of hydrogen-bond donors (Lipinski definition) is 1. The molecule has 6 heteroatoms. The fraction of sp³-hybridized carbons (Fsp3) is 0.286. The number of ether oxygens (including phenoxy) is 1. The molecule has 0 amide bonds. The van der Waals surface area contributed by atoms with Crippen LogP contribution in [0.5, 0.6) is 5.75 Å². The van der Waals surface area contributed by atoms with Crippen molar-refractivity contribution in [2.45, 2.75) is 13.5 Å². The average molecular weight is 271 g/mol. The van der Waals surface area contributed by atoms with Gasteiger partial charge in [0.1, 0.15) is 11.3 Å². The quantitative estimate of drug-likeness (QED) is 0.787. The van der Waals surface area contributed by atoms with E-state index in [2.05, 4.69) is 10.1 Å². The van der Waals surface area contributed by atoms with Gasteiger partial charge in [0, 0.05) is 12.6 Å². The summed E-state index contributed by atoms with van der Waals surface area (Å²) in [5.41, 5.74) is 9.75. The van der Waals surface area contributed by atoms with Gasteiger partial charge in [-0.1, -0.05) is 18.2 Å². The van der Waals surface area contributed by atoms with Gasteiger partial charge in [-0.15, -0.1) is 0 Å². The fourth-order valence-corrected chi connectivity index (χ4v) is 2.51. The van der Waals surface area contributed by atoms with Gasteiger partial charge in [0.15, 0.2) is 5.65 Å². The van der Waals surface area contributed by atoms with Crippen molar-refractivity contribution in [3.05, 3.63) is 35.5 Å². The molecular weight excluding hydrogens is 254 g/mol. The highest BCUT2D eigenvalue weighted by atomic mass is 16.5. The molecule has 3 aromatic rings. The summed E-state index contributed by atoms with van der Waals surface area (Å²) in [4.78, 5) is 4.40. The van der Waals surface area contributed by atoms with Crippen LogP contribution in [0.3, 0.4) is 0 Å². The van der Waals surface area contributed by atoms with Crippen molar-refractivity contribution >= 4 is 17.1 Å². The van der Waals surface area contributed by atoms with Crippen molar-refractivity contribution in [2.75, 3.05) is 12.8 Å². The maximum atomic E-state index is 6.04. The third-order valence-electron chi connectivity index (χ3n) is 3.44. The lowest BCUT2D eigenvalue weighted by molar-refractivity contribution is 0.408. The van der Waals surface area contributed by atoms with E-state index in [1.54, 1.807) is 7.11 Å². The molecule has 0 spiro atoms. The molecule has 0 unspecified atom stereocenters. The number of aromatic nitrogens is 4. The van der Waals surface area contributed by atoms with E-state index in [-0.39, 0.29) is 0 Å². The van der Waals surface area contributed by atoms with Gasteiger partial charge < -0.3 is 10.5 Å². The molecular formula is C14H17N5O. The number of fused-ring (bicyclic) bond motifs is 1. The SMILES string of the molecule is COc1ccccc1Cn1c(N)nc2c(C)nn(C)c21. The molecule has 1 aromatic carbocycles. The number of rotatable bonds is 3. The number of nitrogens with zero attached hydrogens (tertiary/aromatic N) is 4. The minimum Gasteiger partial charge on any atom is -0.496 e. The van der Waals surface area contributed by atoms with Crippen LogP contribution in [0.15, 0.2) is 24.3 Å². The molecule has 0 fully saturated rings. The van der Waals surface area contributed by atoms with Crippen LogP contribution in [0.2, 0.25) is 0 Å². The smallest absolute Gasteiger partial charge is 0.202 e.